The smallest absolute Gasteiger partial charge is 0.338 e. The Morgan fingerprint density at radius 1 is 0.731 bits per heavy atom. The van der Waals surface area contributed by atoms with Gasteiger partial charge in [-0.25, -0.2) is 4.79 Å². The number of carbonyl (C=O) groups is 1. The quantitative estimate of drug-likeness (QED) is 0.415. The van der Waals surface area contributed by atoms with Gasteiger partial charge >= 0.3 is 5.97 Å². The zero-order valence-electron chi connectivity index (χ0n) is 13.9. The molecule has 5 heteroatoms. The zero-order chi connectivity index (χ0) is 18.2. The number of para-hydroxylation sites is 1. The van der Waals surface area contributed by atoms with E-state index in [1.807, 2.05) is 30.3 Å². The Labute approximate surface area is 156 Å². The van der Waals surface area contributed by atoms with Crippen LogP contribution in [0.15, 0.2) is 78.9 Å². The Morgan fingerprint density at radius 3 is 2.04 bits per heavy atom. The molecule has 3 rings (SSSR count). The highest BCUT2D eigenvalue weighted by Gasteiger charge is 2.07. The molecule has 0 unspecified atom stereocenters. The van der Waals surface area contributed by atoms with Crippen LogP contribution >= 0.6 is 11.6 Å². The molecule has 3 aromatic rings. The van der Waals surface area contributed by atoms with E-state index in [9.17, 15) is 4.79 Å². The molecule has 0 amide bonds. The summed E-state index contributed by atoms with van der Waals surface area (Å²) < 4.78 is 16.4. The lowest BCUT2D eigenvalue weighted by molar-refractivity contribution is 0.0450. The van der Waals surface area contributed by atoms with Crippen molar-refractivity contribution in [3.05, 3.63) is 89.4 Å². The predicted molar refractivity (Wildman–Crippen MR) is 100 cm³/mol. The first-order chi connectivity index (χ1) is 12.7. The van der Waals surface area contributed by atoms with Gasteiger partial charge in [0.2, 0.25) is 0 Å². The van der Waals surface area contributed by atoms with Crippen LogP contribution in [0.5, 0.6) is 17.2 Å². The topological polar surface area (TPSA) is 44.8 Å². The van der Waals surface area contributed by atoms with E-state index in [1.165, 1.54) is 0 Å². The molecule has 0 spiro atoms. The number of carbonyl (C=O) groups excluding carboxylic acids is 1. The molecule has 0 fully saturated rings. The molecule has 0 aliphatic heterocycles. The minimum absolute atomic E-state index is 0.156. The molecule has 0 N–H and O–H groups in total. The molecule has 0 bridgehead atoms. The molecular weight excluding hydrogens is 352 g/mol. The second-order valence-electron chi connectivity index (χ2n) is 5.38. The SMILES string of the molecule is O=C(OCCOc1ccc(Cl)cc1)c1ccc(Oc2ccccc2)cc1. The Morgan fingerprint density at radius 2 is 1.35 bits per heavy atom. The summed E-state index contributed by atoms with van der Waals surface area (Å²) in [6.07, 6.45) is 0. The number of ether oxygens (including phenoxy) is 3. The fourth-order valence-corrected chi connectivity index (χ4v) is 2.32. The van der Waals surface area contributed by atoms with Crippen LogP contribution < -0.4 is 9.47 Å². The molecule has 0 aliphatic carbocycles. The number of halogens is 1. The van der Waals surface area contributed by atoms with Crippen molar-refractivity contribution < 1.29 is 19.0 Å². The molecule has 3 aromatic carbocycles. The average molecular weight is 369 g/mol. The first kappa shape index (κ1) is 17.8. The lowest BCUT2D eigenvalue weighted by Gasteiger charge is -2.08. The summed E-state index contributed by atoms with van der Waals surface area (Å²) in [4.78, 5) is 12.0. The number of hydrogen-bond acceptors (Lipinski definition) is 4. The van der Waals surface area contributed by atoms with Crippen molar-refractivity contribution in [2.45, 2.75) is 0 Å². The van der Waals surface area contributed by atoms with Gasteiger partial charge in [0, 0.05) is 5.02 Å². The van der Waals surface area contributed by atoms with Crippen LogP contribution in [-0.2, 0) is 4.74 Å². The predicted octanol–water partition coefficient (Wildman–Crippen LogP) is 5.37. The Balaban J connectivity index is 1.45. The first-order valence-electron chi connectivity index (χ1n) is 8.09. The highest BCUT2D eigenvalue weighted by molar-refractivity contribution is 6.30. The fraction of sp³-hybridized carbons (Fsp3) is 0.0952. The molecule has 0 heterocycles. The summed E-state index contributed by atoms with van der Waals surface area (Å²) in [7, 11) is 0. The first-order valence-corrected chi connectivity index (χ1v) is 8.47. The third-order valence-electron chi connectivity index (χ3n) is 3.47. The molecule has 0 aromatic heterocycles. The maximum Gasteiger partial charge on any atom is 0.338 e. The molecule has 0 radical (unpaired) electrons. The van der Waals surface area contributed by atoms with E-state index in [4.69, 9.17) is 25.8 Å². The molecule has 132 valence electrons. The van der Waals surface area contributed by atoms with Gasteiger partial charge in [-0.15, -0.1) is 0 Å². The van der Waals surface area contributed by atoms with Gasteiger partial charge in [0.25, 0.3) is 0 Å². The van der Waals surface area contributed by atoms with Crippen molar-refractivity contribution in [2.75, 3.05) is 13.2 Å². The number of rotatable bonds is 7. The Kier molecular flexibility index (Phi) is 6.12. The van der Waals surface area contributed by atoms with Gasteiger partial charge in [0.1, 0.15) is 30.5 Å². The van der Waals surface area contributed by atoms with Gasteiger partial charge in [-0.2, -0.15) is 0 Å². The van der Waals surface area contributed by atoms with E-state index in [1.54, 1.807) is 48.5 Å². The molecular formula is C21H17ClO4. The Bertz CT molecular complexity index is 830. The van der Waals surface area contributed by atoms with Crippen LogP contribution in [0, 0.1) is 0 Å². The van der Waals surface area contributed by atoms with Gasteiger partial charge in [-0.05, 0) is 60.7 Å². The lowest BCUT2D eigenvalue weighted by atomic mass is 10.2. The number of benzene rings is 3. The van der Waals surface area contributed by atoms with Crippen molar-refractivity contribution in [3.8, 4) is 17.2 Å². The summed E-state index contributed by atoms with van der Waals surface area (Å²) in [6.45, 7) is 0.423. The van der Waals surface area contributed by atoms with Gasteiger partial charge in [-0.1, -0.05) is 29.8 Å². The van der Waals surface area contributed by atoms with Crippen LogP contribution in [0.2, 0.25) is 5.02 Å². The van der Waals surface area contributed by atoms with Crippen LogP contribution in [-0.4, -0.2) is 19.2 Å². The summed E-state index contributed by atoms with van der Waals surface area (Å²) in [5, 5.41) is 0.642. The van der Waals surface area contributed by atoms with E-state index in [0.717, 1.165) is 5.75 Å². The lowest BCUT2D eigenvalue weighted by Crippen LogP contribution is -2.12. The van der Waals surface area contributed by atoms with Crippen LogP contribution in [0.4, 0.5) is 0 Å². The maximum atomic E-state index is 12.0. The highest BCUT2D eigenvalue weighted by Crippen LogP contribution is 2.21. The monoisotopic (exact) mass is 368 g/mol. The molecule has 4 nitrogen and oxygen atoms in total. The van der Waals surface area contributed by atoms with Crippen LogP contribution in [0.25, 0.3) is 0 Å². The maximum absolute atomic E-state index is 12.0. The number of esters is 1. The van der Waals surface area contributed by atoms with Gasteiger partial charge in [0.05, 0.1) is 5.56 Å². The van der Waals surface area contributed by atoms with E-state index < -0.39 is 5.97 Å². The summed E-state index contributed by atoms with van der Waals surface area (Å²) in [5.74, 6) is 1.66. The van der Waals surface area contributed by atoms with E-state index in [0.29, 0.717) is 22.1 Å². The zero-order valence-corrected chi connectivity index (χ0v) is 14.7. The summed E-state index contributed by atoms with van der Waals surface area (Å²) >= 11 is 5.80. The highest BCUT2D eigenvalue weighted by atomic mass is 35.5. The van der Waals surface area contributed by atoms with Crippen LogP contribution in [0.1, 0.15) is 10.4 Å². The molecule has 0 atom stereocenters. The van der Waals surface area contributed by atoms with Crippen molar-refractivity contribution >= 4 is 17.6 Å². The van der Waals surface area contributed by atoms with Gasteiger partial charge in [0.15, 0.2) is 0 Å². The van der Waals surface area contributed by atoms with Crippen molar-refractivity contribution in [2.24, 2.45) is 0 Å². The second kappa shape index (κ2) is 8.92. The molecule has 0 saturated carbocycles. The van der Waals surface area contributed by atoms with Gasteiger partial charge in [-0.3, -0.25) is 0 Å². The van der Waals surface area contributed by atoms with E-state index in [-0.39, 0.29) is 13.2 Å². The second-order valence-corrected chi connectivity index (χ2v) is 5.81. The van der Waals surface area contributed by atoms with Crippen LogP contribution in [0.3, 0.4) is 0 Å². The molecule has 0 saturated heterocycles. The molecule has 0 aliphatic rings. The third kappa shape index (κ3) is 5.26. The fourth-order valence-electron chi connectivity index (χ4n) is 2.19. The van der Waals surface area contributed by atoms with E-state index in [2.05, 4.69) is 0 Å². The van der Waals surface area contributed by atoms with Gasteiger partial charge < -0.3 is 14.2 Å². The van der Waals surface area contributed by atoms with E-state index >= 15 is 0 Å². The number of hydrogen-bond donors (Lipinski definition) is 0. The third-order valence-corrected chi connectivity index (χ3v) is 3.72. The van der Waals surface area contributed by atoms with Crippen molar-refractivity contribution in [1.82, 2.24) is 0 Å². The summed E-state index contributed by atoms with van der Waals surface area (Å²) in [6, 6.07) is 23.2. The minimum Gasteiger partial charge on any atom is -0.490 e. The molecule has 26 heavy (non-hydrogen) atoms. The average Bonchev–Trinajstić information content (AvgIpc) is 2.68. The Hall–Kier alpha value is -2.98. The normalized spacial score (nSPS) is 10.2. The minimum atomic E-state index is -0.407. The summed E-state index contributed by atoms with van der Waals surface area (Å²) in [5.41, 5.74) is 0.455. The largest absolute Gasteiger partial charge is 0.490 e. The van der Waals surface area contributed by atoms with Crippen molar-refractivity contribution in [3.63, 3.8) is 0 Å². The van der Waals surface area contributed by atoms with Crippen molar-refractivity contribution in [1.29, 1.82) is 0 Å². The standard InChI is InChI=1S/C21H17ClO4/c22-17-8-12-18(13-9-17)24-14-15-25-21(23)16-6-10-20(11-7-16)26-19-4-2-1-3-5-19/h1-13H,14-15H2.